The summed E-state index contributed by atoms with van der Waals surface area (Å²) in [4.78, 5) is 32.3. The molecule has 124 valence electrons. The van der Waals surface area contributed by atoms with Gasteiger partial charge in [-0.2, -0.15) is 0 Å². The van der Waals surface area contributed by atoms with E-state index in [9.17, 15) is 9.59 Å². The number of nitrogens with zero attached hydrogens (tertiary/aromatic N) is 3. The van der Waals surface area contributed by atoms with Gasteiger partial charge in [-0.15, -0.1) is 0 Å². The van der Waals surface area contributed by atoms with E-state index in [2.05, 4.69) is 17.2 Å². The molecule has 6 nitrogen and oxygen atoms in total. The second-order valence-corrected chi connectivity index (χ2v) is 6.65. The van der Waals surface area contributed by atoms with Crippen LogP contribution in [0.4, 0.5) is 5.82 Å². The first-order valence-electron chi connectivity index (χ1n) is 8.31. The van der Waals surface area contributed by atoms with Crippen molar-refractivity contribution in [1.29, 1.82) is 0 Å². The Morgan fingerprint density at radius 2 is 1.96 bits per heavy atom. The fraction of sp³-hybridized carbons (Fsp3) is 0.588. The minimum Gasteiger partial charge on any atom is -0.358 e. The van der Waals surface area contributed by atoms with Crippen molar-refractivity contribution in [3.63, 3.8) is 0 Å². The fourth-order valence-electron chi connectivity index (χ4n) is 3.13. The summed E-state index contributed by atoms with van der Waals surface area (Å²) in [6.07, 6.45) is 4.52. The van der Waals surface area contributed by atoms with Crippen LogP contribution in [0.2, 0.25) is 0 Å². The Balaban J connectivity index is 1.60. The van der Waals surface area contributed by atoms with Crippen LogP contribution in [0.15, 0.2) is 18.3 Å². The van der Waals surface area contributed by atoms with E-state index in [-0.39, 0.29) is 17.9 Å². The van der Waals surface area contributed by atoms with Gasteiger partial charge in [0.25, 0.3) is 5.91 Å². The van der Waals surface area contributed by atoms with Crippen molar-refractivity contribution in [3.8, 4) is 0 Å². The standard InChI is InChI=1S/C17H24N4O2/c1-12-5-9-21(10-6-12)16(22)13-3-4-15(18-11-13)19-14-7-8-20(2)17(14)23/h3-4,11-12,14H,5-10H2,1-2H3,(H,18,19). The SMILES string of the molecule is CC1CCN(C(=O)c2ccc(NC3CCN(C)C3=O)nc2)CC1. The summed E-state index contributed by atoms with van der Waals surface area (Å²) < 4.78 is 0. The van der Waals surface area contributed by atoms with E-state index < -0.39 is 0 Å². The molecule has 2 fully saturated rings. The van der Waals surface area contributed by atoms with Crippen LogP contribution >= 0.6 is 0 Å². The van der Waals surface area contributed by atoms with Gasteiger partial charge in [0.2, 0.25) is 5.91 Å². The third-order valence-electron chi connectivity index (χ3n) is 4.83. The largest absolute Gasteiger partial charge is 0.358 e. The molecule has 1 aromatic rings. The number of piperidine rings is 1. The smallest absolute Gasteiger partial charge is 0.255 e. The number of hydrogen-bond acceptors (Lipinski definition) is 4. The molecule has 2 aliphatic rings. The van der Waals surface area contributed by atoms with Crippen LogP contribution in [-0.2, 0) is 4.79 Å². The number of rotatable bonds is 3. The number of anilines is 1. The second-order valence-electron chi connectivity index (χ2n) is 6.65. The van der Waals surface area contributed by atoms with Gasteiger partial charge in [0.05, 0.1) is 5.56 Å². The minimum absolute atomic E-state index is 0.0487. The highest BCUT2D eigenvalue weighted by Gasteiger charge is 2.29. The van der Waals surface area contributed by atoms with Gasteiger partial charge in [0, 0.05) is 32.9 Å². The summed E-state index contributed by atoms with van der Waals surface area (Å²) in [5.74, 6) is 1.48. The van der Waals surface area contributed by atoms with Gasteiger partial charge in [-0.3, -0.25) is 9.59 Å². The summed E-state index contributed by atoms with van der Waals surface area (Å²) >= 11 is 0. The molecule has 0 aliphatic carbocycles. The lowest BCUT2D eigenvalue weighted by molar-refractivity contribution is -0.127. The van der Waals surface area contributed by atoms with E-state index in [1.165, 1.54) is 0 Å². The van der Waals surface area contributed by atoms with Crippen molar-refractivity contribution in [3.05, 3.63) is 23.9 Å². The van der Waals surface area contributed by atoms with Crippen molar-refractivity contribution >= 4 is 17.6 Å². The summed E-state index contributed by atoms with van der Waals surface area (Å²) in [6.45, 7) is 4.64. The Labute approximate surface area is 136 Å². The molecule has 3 rings (SSSR count). The quantitative estimate of drug-likeness (QED) is 0.920. The van der Waals surface area contributed by atoms with Crippen molar-refractivity contribution in [2.75, 3.05) is 32.0 Å². The van der Waals surface area contributed by atoms with Crippen LogP contribution in [0.5, 0.6) is 0 Å². The topological polar surface area (TPSA) is 65.5 Å². The number of likely N-dealkylation sites (tertiary alicyclic amines) is 2. The molecule has 1 unspecified atom stereocenters. The fourth-order valence-corrected chi connectivity index (χ4v) is 3.13. The summed E-state index contributed by atoms with van der Waals surface area (Å²) in [7, 11) is 1.80. The zero-order valence-corrected chi connectivity index (χ0v) is 13.8. The first-order valence-corrected chi connectivity index (χ1v) is 8.31. The molecule has 0 bridgehead atoms. The number of aromatic nitrogens is 1. The Morgan fingerprint density at radius 1 is 1.22 bits per heavy atom. The monoisotopic (exact) mass is 316 g/mol. The molecule has 0 spiro atoms. The number of hydrogen-bond donors (Lipinski definition) is 1. The predicted octanol–water partition coefficient (Wildman–Crippen LogP) is 1.60. The second kappa shape index (κ2) is 6.56. The zero-order chi connectivity index (χ0) is 16.4. The lowest BCUT2D eigenvalue weighted by Crippen LogP contribution is -2.38. The van der Waals surface area contributed by atoms with Crippen molar-refractivity contribution in [2.24, 2.45) is 5.92 Å². The van der Waals surface area contributed by atoms with Crippen molar-refractivity contribution in [2.45, 2.75) is 32.2 Å². The maximum atomic E-state index is 12.5. The highest BCUT2D eigenvalue weighted by molar-refractivity contribution is 5.94. The predicted molar refractivity (Wildman–Crippen MR) is 88.2 cm³/mol. The molecule has 2 amide bonds. The van der Waals surface area contributed by atoms with Gasteiger partial charge < -0.3 is 15.1 Å². The van der Waals surface area contributed by atoms with Crippen LogP contribution in [0, 0.1) is 5.92 Å². The molecule has 23 heavy (non-hydrogen) atoms. The van der Waals surface area contributed by atoms with Crippen LogP contribution in [0.3, 0.4) is 0 Å². The highest BCUT2D eigenvalue weighted by Crippen LogP contribution is 2.19. The Morgan fingerprint density at radius 3 is 2.52 bits per heavy atom. The third-order valence-corrected chi connectivity index (χ3v) is 4.83. The maximum absolute atomic E-state index is 12.5. The van der Waals surface area contributed by atoms with Crippen LogP contribution < -0.4 is 5.32 Å². The molecule has 2 aliphatic heterocycles. The molecule has 1 N–H and O–H groups in total. The lowest BCUT2D eigenvalue weighted by atomic mass is 9.99. The average Bonchev–Trinajstić information content (AvgIpc) is 2.88. The van der Waals surface area contributed by atoms with Gasteiger partial charge in [0.15, 0.2) is 0 Å². The first-order chi connectivity index (χ1) is 11.0. The highest BCUT2D eigenvalue weighted by atomic mass is 16.2. The van der Waals surface area contributed by atoms with Crippen LogP contribution in [0.25, 0.3) is 0 Å². The molecule has 3 heterocycles. The number of nitrogens with one attached hydrogen (secondary N) is 1. The molecule has 2 saturated heterocycles. The molecular weight excluding hydrogens is 292 g/mol. The molecule has 6 heteroatoms. The normalized spacial score (nSPS) is 22.5. The molecule has 1 atom stereocenters. The lowest BCUT2D eigenvalue weighted by Gasteiger charge is -2.30. The van der Waals surface area contributed by atoms with E-state index in [1.54, 1.807) is 30.3 Å². The van der Waals surface area contributed by atoms with Gasteiger partial charge in [-0.05, 0) is 37.3 Å². The van der Waals surface area contributed by atoms with Gasteiger partial charge in [-0.1, -0.05) is 6.92 Å². The number of pyridine rings is 1. The zero-order valence-electron chi connectivity index (χ0n) is 13.8. The summed E-state index contributed by atoms with van der Waals surface area (Å²) in [6, 6.07) is 3.36. The number of carbonyl (C=O) groups is 2. The van der Waals surface area contributed by atoms with E-state index in [0.717, 1.165) is 38.9 Å². The van der Waals surface area contributed by atoms with E-state index in [4.69, 9.17) is 0 Å². The first kappa shape index (κ1) is 15.8. The Bertz CT molecular complexity index is 579. The Kier molecular flexibility index (Phi) is 4.50. The molecule has 0 saturated carbocycles. The van der Waals surface area contributed by atoms with Gasteiger partial charge in [-0.25, -0.2) is 4.98 Å². The molecule has 1 aromatic heterocycles. The molecular formula is C17H24N4O2. The summed E-state index contributed by atoms with van der Waals surface area (Å²) in [5.41, 5.74) is 0.611. The minimum atomic E-state index is -0.211. The van der Waals surface area contributed by atoms with E-state index in [1.807, 2.05) is 4.90 Å². The van der Waals surface area contributed by atoms with Crippen LogP contribution in [0.1, 0.15) is 36.5 Å². The van der Waals surface area contributed by atoms with Crippen LogP contribution in [-0.4, -0.2) is 59.3 Å². The molecule has 0 radical (unpaired) electrons. The van der Waals surface area contributed by atoms with Gasteiger partial charge in [0.1, 0.15) is 11.9 Å². The van der Waals surface area contributed by atoms with Gasteiger partial charge >= 0.3 is 0 Å². The van der Waals surface area contributed by atoms with E-state index >= 15 is 0 Å². The maximum Gasteiger partial charge on any atom is 0.255 e. The number of amides is 2. The number of carbonyl (C=O) groups excluding carboxylic acids is 2. The number of likely N-dealkylation sites (N-methyl/N-ethyl adjacent to an activating group) is 1. The Hall–Kier alpha value is -2.11. The van der Waals surface area contributed by atoms with E-state index in [0.29, 0.717) is 17.3 Å². The summed E-state index contributed by atoms with van der Waals surface area (Å²) in [5, 5.41) is 3.15. The third kappa shape index (κ3) is 3.46. The van der Waals surface area contributed by atoms with Crippen molar-refractivity contribution < 1.29 is 9.59 Å². The van der Waals surface area contributed by atoms with Crippen molar-refractivity contribution in [1.82, 2.24) is 14.8 Å². The molecule has 0 aromatic carbocycles. The average molecular weight is 316 g/mol.